The first-order chi connectivity index (χ1) is 10.8. The van der Waals surface area contributed by atoms with Gasteiger partial charge in [-0.25, -0.2) is 9.97 Å². The minimum atomic E-state index is 0.619. The molecule has 2 heterocycles. The van der Waals surface area contributed by atoms with Gasteiger partial charge in [-0.2, -0.15) is 5.26 Å². The van der Waals surface area contributed by atoms with Gasteiger partial charge in [0.2, 0.25) is 5.88 Å². The zero-order valence-electron chi connectivity index (χ0n) is 11.9. The van der Waals surface area contributed by atoms with Gasteiger partial charge < -0.3 is 4.74 Å². The van der Waals surface area contributed by atoms with Crippen LogP contribution in [0.15, 0.2) is 30.6 Å². The molecule has 0 amide bonds. The number of aryl methyl sites for hydroxylation is 2. The van der Waals surface area contributed by atoms with E-state index in [4.69, 9.17) is 10.00 Å². The van der Waals surface area contributed by atoms with E-state index in [1.165, 1.54) is 23.3 Å². The van der Waals surface area contributed by atoms with Crippen LogP contribution in [-0.2, 0) is 12.8 Å². The Morgan fingerprint density at radius 3 is 2.73 bits per heavy atom. The van der Waals surface area contributed by atoms with E-state index in [1.807, 2.05) is 0 Å². The molecule has 2 aromatic heterocycles. The zero-order chi connectivity index (χ0) is 14.9. The predicted octanol–water partition coefficient (Wildman–Crippen LogP) is 4.23. The quantitative estimate of drug-likeness (QED) is 0.710. The van der Waals surface area contributed by atoms with Gasteiger partial charge in [0.05, 0.1) is 17.0 Å². The van der Waals surface area contributed by atoms with Crippen molar-refractivity contribution < 1.29 is 4.74 Å². The molecule has 4 rings (SSSR count). The number of nitrogens with zero attached hydrogens (tertiary/aromatic N) is 3. The van der Waals surface area contributed by atoms with Crippen molar-refractivity contribution in [1.29, 1.82) is 5.26 Å². The van der Waals surface area contributed by atoms with E-state index in [2.05, 4.69) is 16.0 Å². The number of aromatic nitrogens is 2. The van der Waals surface area contributed by atoms with Crippen LogP contribution in [0.3, 0.4) is 0 Å². The highest BCUT2D eigenvalue weighted by Gasteiger charge is 2.20. The lowest BCUT2D eigenvalue weighted by atomic mass is 9.97. The standard InChI is InChI=1S/C17H13N3OS/c18-9-11-5-7-12(8-6-11)21-16-15-13-3-1-2-4-14(13)22-17(15)20-10-19-16/h5-8,10H,1-4H2. The van der Waals surface area contributed by atoms with Gasteiger partial charge in [-0.3, -0.25) is 0 Å². The molecule has 0 atom stereocenters. The number of hydrogen-bond acceptors (Lipinski definition) is 5. The van der Waals surface area contributed by atoms with Crippen molar-refractivity contribution in [2.75, 3.05) is 0 Å². The second-order valence-corrected chi connectivity index (χ2v) is 6.39. The molecule has 5 heteroatoms. The summed E-state index contributed by atoms with van der Waals surface area (Å²) >= 11 is 1.76. The third kappa shape index (κ3) is 2.22. The van der Waals surface area contributed by atoms with Crippen molar-refractivity contribution >= 4 is 21.6 Å². The van der Waals surface area contributed by atoms with Crippen LogP contribution in [0.1, 0.15) is 28.8 Å². The van der Waals surface area contributed by atoms with Gasteiger partial charge in [-0.1, -0.05) is 0 Å². The SMILES string of the molecule is N#Cc1ccc(Oc2ncnc3sc4c(c23)CCCC4)cc1. The topological polar surface area (TPSA) is 58.8 Å². The Labute approximate surface area is 132 Å². The summed E-state index contributed by atoms with van der Waals surface area (Å²) in [5, 5.41) is 9.92. The van der Waals surface area contributed by atoms with Crippen molar-refractivity contribution in [2.45, 2.75) is 25.7 Å². The summed E-state index contributed by atoms with van der Waals surface area (Å²) in [5.41, 5.74) is 1.98. The van der Waals surface area contributed by atoms with Crippen molar-refractivity contribution in [3.05, 3.63) is 46.6 Å². The first kappa shape index (κ1) is 13.2. The molecule has 0 saturated heterocycles. The highest BCUT2D eigenvalue weighted by molar-refractivity contribution is 7.18. The first-order valence-electron chi connectivity index (χ1n) is 7.28. The highest BCUT2D eigenvalue weighted by atomic mass is 32.1. The van der Waals surface area contributed by atoms with Crippen molar-refractivity contribution in [3.8, 4) is 17.7 Å². The Kier molecular flexibility index (Phi) is 3.24. The second kappa shape index (κ2) is 5.39. The van der Waals surface area contributed by atoms with Crippen LogP contribution in [0.25, 0.3) is 10.2 Å². The van der Waals surface area contributed by atoms with Crippen LogP contribution in [0, 0.1) is 11.3 Å². The maximum atomic E-state index is 8.85. The Balaban J connectivity index is 1.77. The van der Waals surface area contributed by atoms with E-state index in [0.717, 1.165) is 23.1 Å². The summed E-state index contributed by atoms with van der Waals surface area (Å²) < 4.78 is 5.96. The number of hydrogen-bond donors (Lipinski definition) is 0. The molecule has 3 aromatic rings. The Morgan fingerprint density at radius 2 is 1.91 bits per heavy atom. The van der Waals surface area contributed by atoms with Gasteiger partial charge >= 0.3 is 0 Å². The zero-order valence-corrected chi connectivity index (χ0v) is 12.7. The van der Waals surface area contributed by atoms with E-state index in [-0.39, 0.29) is 0 Å². The minimum absolute atomic E-state index is 0.619. The summed E-state index contributed by atoms with van der Waals surface area (Å²) in [6, 6.07) is 9.19. The molecule has 0 bridgehead atoms. The molecule has 108 valence electrons. The van der Waals surface area contributed by atoms with E-state index >= 15 is 0 Å². The maximum absolute atomic E-state index is 8.85. The van der Waals surface area contributed by atoms with Crippen LogP contribution >= 0.6 is 11.3 Å². The molecule has 1 aliphatic carbocycles. The minimum Gasteiger partial charge on any atom is -0.438 e. The lowest BCUT2D eigenvalue weighted by Crippen LogP contribution is -1.99. The lowest BCUT2D eigenvalue weighted by Gasteiger charge is -2.11. The van der Waals surface area contributed by atoms with E-state index < -0.39 is 0 Å². The molecule has 22 heavy (non-hydrogen) atoms. The Morgan fingerprint density at radius 1 is 1.09 bits per heavy atom. The van der Waals surface area contributed by atoms with Gasteiger partial charge in [-0.15, -0.1) is 11.3 Å². The number of thiophene rings is 1. The smallest absolute Gasteiger partial charge is 0.231 e. The largest absolute Gasteiger partial charge is 0.438 e. The predicted molar refractivity (Wildman–Crippen MR) is 85.3 cm³/mol. The molecule has 4 nitrogen and oxygen atoms in total. The van der Waals surface area contributed by atoms with E-state index in [0.29, 0.717) is 17.2 Å². The molecule has 0 unspecified atom stereocenters. The van der Waals surface area contributed by atoms with Crippen LogP contribution in [0.4, 0.5) is 0 Å². The summed E-state index contributed by atoms with van der Waals surface area (Å²) in [4.78, 5) is 11.2. The molecular formula is C17H13N3OS. The molecule has 0 fully saturated rings. The summed E-state index contributed by atoms with van der Waals surface area (Å²) in [7, 11) is 0. The maximum Gasteiger partial charge on any atom is 0.231 e. The van der Waals surface area contributed by atoms with E-state index in [1.54, 1.807) is 41.9 Å². The Bertz CT molecular complexity index is 877. The summed E-state index contributed by atoms with van der Waals surface area (Å²) in [6.45, 7) is 0. The van der Waals surface area contributed by atoms with Crippen LogP contribution in [0.5, 0.6) is 11.6 Å². The molecule has 0 spiro atoms. The fraction of sp³-hybridized carbons (Fsp3) is 0.235. The molecule has 0 N–H and O–H groups in total. The van der Waals surface area contributed by atoms with Gasteiger partial charge in [0.15, 0.2) is 0 Å². The molecule has 1 aliphatic rings. The number of rotatable bonds is 2. The molecule has 0 radical (unpaired) electrons. The van der Waals surface area contributed by atoms with Crippen molar-refractivity contribution in [2.24, 2.45) is 0 Å². The Hall–Kier alpha value is -2.45. The highest BCUT2D eigenvalue weighted by Crippen LogP contribution is 2.40. The number of benzene rings is 1. The second-order valence-electron chi connectivity index (χ2n) is 5.31. The number of ether oxygens (including phenoxy) is 1. The molecule has 0 aliphatic heterocycles. The fourth-order valence-electron chi connectivity index (χ4n) is 2.85. The van der Waals surface area contributed by atoms with Gasteiger partial charge in [0.25, 0.3) is 0 Å². The van der Waals surface area contributed by atoms with E-state index in [9.17, 15) is 0 Å². The molecule has 0 saturated carbocycles. The number of nitriles is 1. The first-order valence-corrected chi connectivity index (χ1v) is 8.10. The monoisotopic (exact) mass is 307 g/mol. The third-order valence-corrected chi connectivity index (χ3v) is 5.11. The van der Waals surface area contributed by atoms with Crippen molar-refractivity contribution in [1.82, 2.24) is 9.97 Å². The molecular weight excluding hydrogens is 294 g/mol. The normalized spacial score (nSPS) is 13.6. The van der Waals surface area contributed by atoms with Gasteiger partial charge in [0.1, 0.15) is 16.9 Å². The summed E-state index contributed by atoms with van der Waals surface area (Å²) in [5.74, 6) is 1.31. The van der Waals surface area contributed by atoms with Crippen LogP contribution < -0.4 is 4.74 Å². The number of fused-ring (bicyclic) bond motifs is 3. The average molecular weight is 307 g/mol. The summed E-state index contributed by atoms with van der Waals surface area (Å²) in [6.07, 6.45) is 6.23. The van der Waals surface area contributed by atoms with Crippen molar-refractivity contribution in [3.63, 3.8) is 0 Å². The van der Waals surface area contributed by atoms with Gasteiger partial charge in [-0.05, 0) is 55.5 Å². The third-order valence-electron chi connectivity index (χ3n) is 3.91. The molecule has 1 aromatic carbocycles. The van der Waals surface area contributed by atoms with Gasteiger partial charge in [0, 0.05) is 4.88 Å². The average Bonchev–Trinajstić information content (AvgIpc) is 2.95. The lowest BCUT2D eigenvalue weighted by molar-refractivity contribution is 0.467. The fourth-order valence-corrected chi connectivity index (χ4v) is 4.07. The van der Waals surface area contributed by atoms with Crippen LogP contribution in [0.2, 0.25) is 0 Å². The van der Waals surface area contributed by atoms with Crippen LogP contribution in [-0.4, -0.2) is 9.97 Å².